The van der Waals surface area contributed by atoms with Gasteiger partial charge in [-0.25, -0.2) is 12.8 Å². The Hall–Kier alpha value is -1.10. The van der Waals surface area contributed by atoms with Crippen LogP contribution in [0.15, 0.2) is 18.2 Å². The molecule has 1 fully saturated rings. The van der Waals surface area contributed by atoms with Crippen molar-refractivity contribution in [3.63, 3.8) is 0 Å². The highest BCUT2D eigenvalue weighted by atomic mass is 32.2. The molecule has 1 heterocycles. The van der Waals surface area contributed by atoms with Gasteiger partial charge in [0, 0.05) is 6.54 Å². The fraction of sp³-hybridized carbons (Fsp3) is 0.400. The summed E-state index contributed by atoms with van der Waals surface area (Å²) in [7, 11) is -3.29. The van der Waals surface area contributed by atoms with Gasteiger partial charge < -0.3 is 0 Å². The van der Waals surface area contributed by atoms with Crippen molar-refractivity contribution in [1.29, 1.82) is 0 Å². The summed E-state index contributed by atoms with van der Waals surface area (Å²) in [5.74, 6) is -0.369. The van der Waals surface area contributed by atoms with Crippen LogP contribution in [0.3, 0.4) is 0 Å². The molecule has 1 aliphatic heterocycles. The molecule has 15 heavy (non-hydrogen) atoms. The number of hydrogen-bond donors (Lipinski definition) is 0. The molecule has 0 amide bonds. The van der Waals surface area contributed by atoms with E-state index in [1.807, 2.05) is 6.92 Å². The molecule has 0 spiro atoms. The second kappa shape index (κ2) is 3.48. The lowest BCUT2D eigenvalue weighted by Gasteiger charge is -2.17. The van der Waals surface area contributed by atoms with Gasteiger partial charge in [-0.05, 0) is 31.0 Å². The summed E-state index contributed by atoms with van der Waals surface area (Å²) in [4.78, 5) is 0. The molecule has 0 bridgehead atoms. The Morgan fingerprint density at radius 3 is 2.73 bits per heavy atom. The zero-order valence-corrected chi connectivity index (χ0v) is 9.22. The summed E-state index contributed by atoms with van der Waals surface area (Å²) in [6.45, 7) is 2.19. The van der Waals surface area contributed by atoms with Crippen LogP contribution in [0, 0.1) is 12.7 Å². The van der Waals surface area contributed by atoms with E-state index >= 15 is 0 Å². The van der Waals surface area contributed by atoms with E-state index in [-0.39, 0.29) is 11.4 Å². The fourth-order valence-corrected chi connectivity index (χ4v) is 3.29. The predicted molar refractivity (Wildman–Crippen MR) is 56.9 cm³/mol. The van der Waals surface area contributed by atoms with Gasteiger partial charge in [-0.15, -0.1) is 0 Å². The number of halogens is 1. The van der Waals surface area contributed by atoms with Gasteiger partial charge in [0.1, 0.15) is 5.82 Å². The van der Waals surface area contributed by atoms with Crippen LogP contribution in [0.2, 0.25) is 0 Å². The maximum Gasteiger partial charge on any atom is 0.235 e. The molecule has 3 nitrogen and oxygen atoms in total. The number of benzene rings is 1. The molecule has 0 aliphatic carbocycles. The first-order valence-corrected chi connectivity index (χ1v) is 6.38. The fourth-order valence-electron chi connectivity index (χ4n) is 1.72. The second-order valence-electron chi connectivity index (χ2n) is 3.70. The topological polar surface area (TPSA) is 37.4 Å². The summed E-state index contributed by atoms with van der Waals surface area (Å²) < 4.78 is 37.8. The van der Waals surface area contributed by atoms with Crippen molar-refractivity contribution in [1.82, 2.24) is 0 Å². The smallest absolute Gasteiger partial charge is 0.235 e. The molecule has 1 aromatic rings. The largest absolute Gasteiger partial charge is 0.267 e. The number of sulfonamides is 1. The van der Waals surface area contributed by atoms with Gasteiger partial charge in [0.2, 0.25) is 10.0 Å². The van der Waals surface area contributed by atoms with Gasteiger partial charge in [-0.1, -0.05) is 6.07 Å². The third kappa shape index (κ3) is 1.84. The molecule has 2 rings (SSSR count). The Morgan fingerprint density at radius 1 is 1.40 bits per heavy atom. The molecule has 0 radical (unpaired) electrons. The SMILES string of the molecule is Cc1ccc(F)c(N2CCCS2(=O)=O)c1. The molecular weight excluding hydrogens is 217 g/mol. The lowest BCUT2D eigenvalue weighted by molar-refractivity contribution is 0.595. The van der Waals surface area contributed by atoms with Crippen LogP contribution in [0.25, 0.3) is 0 Å². The van der Waals surface area contributed by atoms with Gasteiger partial charge in [-0.2, -0.15) is 0 Å². The minimum absolute atomic E-state index is 0.111. The average Bonchev–Trinajstić information content (AvgIpc) is 2.50. The molecule has 82 valence electrons. The maximum atomic E-state index is 13.5. The zero-order valence-electron chi connectivity index (χ0n) is 8.40. The highest BCUT2D eigenvalue weighted by Gasteiger charge is 2.30. The highest BCUT2D eigenvalue weighted by molar-refractivity contribution is 7.93. The molecule has 0 atom stereocenters. The summed E-state index contributed by atoms with van der Waals surface area (Å²) in [5, 5.41) is 0. The van der Waals surface area contributed by atoms with Crippen molar-refractivity contribution in [3.05, 3.63) is 29.6 Å². The van der Waals surface area contributed by atoms with Crippen molar-refractivity contribution >= 4 is 15.7 Å². The first-order chi connectivity index (χ1) is 7.00. The lowest BCUT2D eigenvalue weighted by atomic mass is 10.2. The summed E-state index contributed by atoms with van der Waals surface area (Å²) in [5.41, 5.74) is 1.03. The second-order valence-corrected chi connectivity index (χ2v) is 5.71. The van der Waals surface area contributed by atoms with E-state index in [1.54, 1.807) is 12.1 Å². The molecule has 1 saturated heterocycles. The van der Waals surface area contributed by atoms with E-state index in [4.69, 9.17) is 0 Å². The Balaban J connectivity index is 2.50. The normalized spacial score (nSPS) is 19.5. The average molecular weight is 229 g/mol. The van der Waals surface area contributed by atoms with E-state index in [2.05, 4.69) is 0 Å². The summed E-state index contributed by atoms with van der Waals surface area (Å²) in [6, 6.07) is 4.50. The Morgan fingerprint density at radius 2 is 2.13 bits per heavy atom. The van der Waals surface area contributed by atoms with E-state index < -0.39 is 15.8 Å². The van der Waals surface area contributed by atoms with Gasteiger partial charge in [-0.3, -0.25) is 4.31 Å². The number of rotatable bonds is 1. The van der Waals surface area contributed by atoms with Gasteiger partial charge in [0.25, 0.3) is 0 Å². The predicted octanol–water partition coefficient (Wildman–Crippen LogP) is 1.67. The van der Waals surface area contributed by atoms with Crippen LogP contribution >= 0.6 is 0 Å². The van der Waals surface area contributed by atoms with E-state index in [0.29, 0.717) is 13.0 Å². The molecule has 0 unspecified atom stereocenters. The van der Waals surface area contributed by atoms with Crippen LogP contribution in [-0.4, -0.2) is 20.7 Å². The molecular formula is C10H12FNO2S. The van der Waals surface area contributed by atoms with Crippen molar-refractivity contribution in [2.75, 3.05) is 16.6 Å². The van der Waals surface area contributed by atoms with Crippen LogP contribution in [-0.2, 0) is 10.0 Å². The minimum Gasteiger partial charge on any atom is -0.267 e. The molecule has 0 saturated carbocycles. The summed E-state index contributed by atoms with van der Waals surface area (Å²) >= 11 is 0. The van der Waals surface area contributed by atoms with Crippen molar-refractivity contribution in [2.24, 2.45) is 0 Å². The highest BCUT2D eigenvalue weighted by Crippen LogP contribution is 2.27. The Kier molecular flexibility index (Phi) is 2.42. The van der Waals surface area contributed by atoms with Crippen LogP contribution in [0.4, 0.5) is 10.1 Å². The lowest BCUT2D eigenvalue weighted by Crippen LogP contribution is -2.26. The zero-order chi connectivity index (χ0) is 11.1. The van der Waals surface area contributed by atoms with Gasteiger partial charge >= 0.3 is 0 Å². The van der Waals surface area contributed by atoms with Gasteiger partial charge in [0.05, 0.1) is 11.4 Å². The van der Waals surface area contributed by atoms with E-state index in [1.165, 1.54) is 6.07 Å². The van der Waals surface area contributed by atoms with Crippen LogP contribution in [0.1, 0.15) is 12.0 Å². The van der Waals surface area contributed by atoms with Crippen molar-refractivity contribution in [3.8, 4) is 0 Å². The monoisotopic (exact) mass is 229 g/mol. The molecule has 0 aromatic heterocycles. The Bertz CT molecular complexity index is 484. The maximum absolute atomic E-state index is 13.5. The first kappa shape index (κ1) is 10.4. The number of aryl methyl sites for hydroxylation is 1. The third-order valence-electron chi connectivity index (χ3n) is 2.47. The van der Waals surface area contributed by atoms with E-state index in [9.17, 15) is 12.8 Å². The van der Waals surface area contributed by atoms with Crippen LogP contribution < -0.4 is 4.31 Å². The number of anilines is 1. The van der Waals surface area contributed by atoms with Crippen LogP contribution in [0.5, 0.6) is 0 Å². The van der Waals surface area contributed by atoms with Crippen molar-refractivity contribution < 1.29 is 12.8 Å². The number of nitrogens with zero attached hydrogens (tertiary/aromatic N) is 1. The first-order valence-electron chi connectivity index (χ1n) is 4.77. The minimum atomic E-state index is -3.29. The molecule has 0 N–H and O–H groups in total. The Labute approximate surface area is 88.6 Å². The van der Waals surface area contributed by atoms with Gasteiger partial charge in [0.15, 0.2) is 0 Å². The summed E-state index contributed by atoms with van der Waals surface area (Å²) in [6.07, 6.45) is 0.565. The van der Waals surface area contributed by atoms with Crippen molar-refractivity contribution in [2.45, 2.75) is 13.3 Å². The third-order valence-corrected chi connectivity index (χ3v) is 4.33. The standard InChI is InChI=1S/C10H12FNO2S/c1-8-3-4-9(11)10(7-8)12-5-2-6-15(12,13)14/h3-4,7H,2,5-6H2,1H3. The molecule has 1 aliphatic rings. The quantitative estimate of drug-likeness (QED) is 0.734. The number of hydrogen-bond acceptors (Lipinski definition) is 2. The van der Waals surface area contributed by atoms with E-state index in [0.717, 1.165) is 9.87 Å². The molecule has 1 aromatic carbocycles. The molecule has 5 heteroatoms.